The van der Waals surface area contributed by atoms with Gasteiger partial charge in [-0.2, -0.15) is 0 Å². The Morgan fingerprint density at radius 3 is 2.79 bits per heavy atom. The Morgan fingerprint density at radius 1 is 1.39 bits per heavy atom. The molecule has 4 aromatic rings. The van der Waals surface area contributed by atoms with Crippen LogP contribution in [0.25, 0.3) is 21.3 Å². The molecule has 3 aromatic heterocycles. The number of thiophene rings is 1. The molecule has 0 saturated carbocycles. The number of fused-ring (bicyclic) bond motifs is 3. The molecule has 0 radical (unpaired) electrons. The summed E-state index contributed by atoms with van der Waals surface area (Å²) < 4.78 is 11.1. The summed E-state index contributed by atoms with van der Waals surface area (Å²) in [4.78, 5) is 30.4. The number of benzene rings is 1. The Labute approximate surface area is 197 Å². The average Bonchev–Trinajstić information content (AvgIpc) is 3.33. The molecule has 1 aliphatic rings. The summed E-state index contributed by atoms with van der Waals surface area (Å²) in [6.07, 6.45) is 2.93. The minimum atomic E-state index is -0.703. The Bertz CT molecular complexity index is 1440. The van der Waals surface area contributed by atoms with Gasteiger partial charge in [-0.1, -0.05) is 23.7 Å². The van der Waals surface area contributed by atoms with Crippen molar-refractivity contribution in [2.75, 3.05) is 7.11 Å². The van der Waals surface area contributed by atoms with Gasteiger partial charge in [-0.05, 0) is 42.5 Å². The summed E-state index contributed by atoms with van der Waals surface area (Å²) in [6, 6.07) is 7.55. The number of nitrogens with zero attached hydrogens (tertiary/aromatic N) is 2. The van der Waals surface area contributed by atoms with E-state index in [1.807, 2.05) is 24.3 Å². The van der Waals surface area contributed by atoms with Crippen LogP contribution in [0, 0.1) is 5.92 Å². The SMILES string of the molecule is COc1ccc(-c2c(Cl)c(Cn3c(O)coc3=O)nc3sc4c(c23)CC[C@H](C(N)=O)C4)cc1. The van der Waals surface area contributed by atoms with E-state index in [1.54, 1.807) is 7.11 Å². The molecule has 170 valence electrons. The van der Waals surface area contributed by atoms with Crippen LogP contribution in [0.3, 0.4) is 0 Å². The minimum Gasteiger partial charge on any atom is -0.497 e. The number of carbonyl (C=O) groups is 1. The van der Waals surface area contributed by atoms with E-state index >= 15 is 0 Å². The van der Waals surface area contributed by atoms with Gasteiger partial charge < -0.3 is 20.0 Å². The number of rotatable bonds is 5. The smallest absolute Gasteiger partial charge is 0.422 e. The lowest BCUT2D eigenvalue weighted by Crippen LogP contribution is -2.27. The maximum absolute atomic E-state index is 12.0. The summed E-state index contributed by atoms with van der Waals surface area (Å²) >= 11 is 8.41. The van der Waals surface area contributed by atoms with Gasteiger partial charge in [0.25, 0.3) is 0 Å². The average molecular weight is 486 g/mol. The first kappa shape index (κ1) is 21.5. The van der Waals surface area contributed by atoms with E-state index in [9.17, 15) is 14.7 Å². The number of methoxy groups -OCH3 is 1. The molecule has 0 unspecified atom stereocenters. The molecule has 3 heterocycles. The predicted octanol–water partition coefficient (Wildman–Crippen LogP) is 3.72. The zero-order chi connectivity index (χ0) is 23.3. The van der Waals surface area contributed by atoms with Crippen LogP contribution >= 0.6 is 22.9 Å². The molecule has 1 atom stereocenters. The van der Waals surface area contributed by atoms with Crippen molar-refractivity contribution >= 4 is 39.1 Å². The number of primary amides is 1. The monoisotopic (exact) mass is 485 g/mol. The van der Waals surface area contributed by atoms with Crippen molar-refractivity contribution in [3.8, 4) is 22.8 Å². The van der Waals surface area contributed by atoms with Gasteiger partial charge in [-0.25, -0.2) is 14.3 Å². The van der Waals surface area contributed by atoms with Crippen LogP contribution in [0.2, 0.25) is 5.02 Å². The summed E-state index contributed by atoms with van der Waals surface area (Å²) in [5.41, 5.74) is 8.80. The number of ether oxygens (including phenoxy) is 1. The van der Waals surface area contributed by atoms with Gasteiger partial charge in [0.2, 0.25) is 11.8 Å². The predicted molar refractivity (Wildman–Crippen MR) is 125 cm³/mol. The second-order valence-electron chi connectivity index (χ2n) is 7.95. The van der Waals surface area contributed by atoms with Crippen molar-refractivity contribution in [1.29, 1.82) is 0 Å². The van der Waals surface area contributed by atoms with E-state index < -0.39 is 5.76 Å². The highest BCUT2D eigenvalue weighted by Crippen LogP contribution is 2.45. The molecule has 0 saturated heterocycles. The largest absolute Gasteiger partial charge is 0.497 e. The Kier molecular flexibility index (Phi) is 5.38. The van der Waals surface area contributed by atoms with E-state index in [1.165, 1.54) is 11.3 Å². The van der Waals surface area contributed by atoms with Crippen molar-refractivity contribution in [3.05, 3.63) is 62.2 Å². The van der Waals surface area contributed by atoms with Gasteiger partial charge in [0.15, 0.2) is 6.26 Å². The van der Waals surface area contributed by atoms with E-state index in [-0.39, 0.29) is 24.2 Å². The zero-order valence-electron chi connectivity index (χ0n) is 17.6. The van der Waals surface area contributed by atoms with E-state index in [4.69, 9.17) is 31.5 Å². The molecule has 0 aliphatic heterocycles. The lowest BCUT2D eigenvalue weighted by Gasteiger charge is -2.20. The normalized spacial score (nSPS) is 15.5. The molecular weight excluding hydrogens is 466 g/mol. The molecule has 0 bridgehead atoms. The fourth-order valence-corrected chi connectivity index (χ4v) is 5.96. The molecule has 8 nitrogen and oxygen atoms in total. The first-order chi connectivity index (χ1) is 15.9. The summed E-state index contributed by atoms with van der Waals surface area (Å²) in [6.45, 7) is -0.0500. The van der Waals surface area contributed by atoms with Crippen molar-refractivity contribution in [3.63, 3.8) is 0 Å². The molecule has 0 fully saturated rings. The highest BCUT2D eigenvalue weighted by molar-refractivity contribution is 7.19. The first-order valence-corrected chi connectivity index (χ1v) is 11.5. The highest BCUT2D eigenvalue weighted by atomic mass is 35.5. The summed E-state index contributed by atoms with van der Waals surface area (Å²) in [5, 5.41) is 11.3. The van der Waals surface area contributed by atoms with Crippen LogP contribution in [0.4, 0.5) is 0 Å². The summed E-state index contributed by atoms with van der Waals surface area (Å²) in [7, 11) is 1.60. The Balaban J connectivity index is 1.74. The number of carbonyl (C=O) groups excluding carboxylic acids is 1. The number of hydrogen-bond acceptors (Lipinski definition) is 7. The molecule has 3 N–H and O–H groups in total. The lowest BCUT2D eigenvalue weighted by atomic mass is 9.86. The van der Waals surface area contributed by atoms with E-state index in [2.05, 4.69) is 0 Å². The molecule has 5 rings (SSSR count). The van der Waals surface area contributed by atoms with E-state index in [0.29, 0.717) is 35.7 Å². The van der Waals surface area contributed by atoms with Gasteiger partial charge in [-0.15, -0.1) is 11.3 Å². The van der Waals surface area contributed by atoms with Crippen LogP contribution in [0.15, 0.2) is 39.7 Å². The number of nitrogens with two attached hydrogens (primary N) is 1. The van der Waals surface area contributed by atoms with Crippen LogP contribution in [0.5, 0.6) is 11.6 Å². The molecular formula is C23H20ClN3O5S. The van der Waals surface area contributed by atoms with Crippen molar-refractivity contribution in [2.24, 2.45) is 11.7 Å². The third-order valence-corrected chi connectivity index (χ3v) is 7.61. The molecule has 1 aliphatic carbocycles. The number of oxazole rings is 1. The zero-order valence-corrected chi connectivity index (χ0v) is 19.2. The van der Waals surface area contributed by atoms with Crippen molar-refractivity contribution in [1.82, 2.24) is 9.55 Å². The highest BCUT2D eigenvalue weighted by Gasteiger charge is 2.29. The van der Waals surface area contributed by atoms with Gasteiger partial charge >= 0.3 is 5.76 Å². The topological polar surface area (TPSA) is 121 Å². The number of pyridine rings is 1. The number of hydrogen-bond donors (Lipinski definition) is 2. The van der Waals surface area contributed by atoms with Crippen molar-refractivity contribution in [2.45, 2.75) is 25.8 Å². The number of aromatic nitrogens is 2. The third kappa shape index (κ3) is 3.67. The molecule has 10 heteroatoms. The fourth-order valence-electron chi connectivity index (χ4n) is 4.33. The quantitative estimate of drug-likeness (QED) is 0.444. The molecule has 1 aromatic carbocycles. The van der Waals surface area contributed by atoms with Gasteiger partial charge in [0.1, 0.15) is 10.6 Å². The maximum atomic E-state index is 12.0. The molecule has 1 amide bonds. The minimum absolute atomic E-state index is 0.0500. The van der Waals surface area contributed by atoms with Gasteiger partial charge in [0.05, 0.1) is 24.4 Å². The van der Waals surface area contributed by atoms with Gasteiger partial charge in [0, 0.05) is 21.7 Å². The van der Waals surface area contributed by atoms with Crippen LogP contribution in [-0.2, 0) is 24.2 Å². The standard InChI is InChI=1S/C23H20ClN3O5S/c1-31-13-5-2-11(3-6-13)18-19-14-7-4-12(21(25)29)8-16(14)33-22(19)26-15(20(18)24)9-27-17(28)10-32-23(27)30/h2-3,5-6,10,12,28H,4,7-9H2,1H3,(H2,25,29)/t12-/m0/s1. The Hall–Kier alpha value is -3.30. The molecule has 0 spiro atoms. The summed E-state index contributed by atoms with van der Waals surface area (Å²) in [5.74, 6) is -0.793. The second kappa shape index (κ2) is 8.24. The number of amides is 1. The van der Waals surface area contributed by atoms with Crippen LogP contribution < -0.4 is 16.2 Å². The number of aryl methyl sites for hydroxylation is 1. The Morgan fingerprint density at radius 2 is 2.15 bits per heavy atom. The fraction of sp³-hybridized carbons (Fsp3) is 0.261. The number of aromatic hydroxyl groups is 1. The molecule has 33 heavy (non-hydrogen) atoms. The first-order valence-electron chi connectivity index (χ1n) is 10.3. The lowest BCUT2D eigenvalue weighted by molar-refractivity contribution is -0.122. The maximum Gasteiger partial charge on any atom is 0.422 e. The van der Waals surface area contributed by atoms with E-state index in [0.717, 1.165) is 42.6 Å². The third-order valence-electron chi connectivity index (χ3n) is 6.06. The number of halogens is 1. The van der Waals surface area contributed by atoms with Gasteiger partial charge in [-0.3, -0.25) is 4.79 Å². The van der Waals surface area contributed by atoms with Crippen LogP contribution in [-0.4, -0.2) is 27.7 Å². The van der Waals surface area contributed by atoms with Crippen LogP contribution in [0.1, 0.15) is 22.6 Å². The van der Waals surface area contributed by atoms with Crippen molar-refractivity contribution < 1.29 is 19.1 Å². The second-order valence-corrected chi connectivity index (χ2v) is 9.41.